The normalized spacial score (nSPS) is 28.0. The van der Waals surface area contributed by atoms with Gasteiger partial charge in [-0.05, 0) is 32.9 Å². The fourth-order valence-corrected chi connectivity index (χ4v) is 5.54. The third-order valence-corrected chi connectivity index (χ3v) is 6.95. The number of hydrogen-bond acceptors (Lipinski definition) is 7. The molecule has 0 spiro atoms. The van der Waals surface area contributed by atoms with Crippen molar-refractivity contribution in [2.45, 2.75) is 43.3 Å². The molecule has 0 amide bonds. The Morgan fingerprint density at radius 2 is 1.88 bits per heavy atom. The predicted molar refractivity (Wildman–Crippen MR) is 91.8 cm³/mol. The third-order valence-electron chi connectivity index (χ3n) is 4.71. The van der Waals surface area contributed by atoms with Gasteiger partial charge in [0, 0.05) is 0 Å². The van der Waals surface area contributed by atoms with E-state index in [2.05, 4.69) is 0 Å². The largest absolute Gasteiger partial charge is 0.468 e. The van der Waals surface area contributed by atoms with Crippen LogP contribution in [0, 0.1) is 12.8 Å². The van der Waals surface area contributed by atoms with Crippen LogP contribution in [0.25, 0.3) is 0 Å². The van der Waals surface area contributed by atoms with Crippen LogP contribution in [0.5, 0.6) is 0 Å². The van der Waals surface area contributed by atoms with Crippen molar-refractivity contribution >= 4 is 15.8 Å². The Labute approximate surface area is 152 Å². The Morgan fingerprint density at radius 1 is 1.23 bits per heavy atom. The summed E-state index contributed by atoms with van der Waals surface area (Å²) in [7, 11) is -3.88. The summed E-state index contributed by atoms with van der Waals surface area (Å²) in [4.78, 5) is 12.5. The molecule has 1 N–H and O–H groups in total. The minimum Gasteiger partial charge on any atom is -0.468 e. The maximum absolute atomic E-state index is 13.3. The van der Waals surface area contributed by atoms with Crippen molar-refractivity contribution in [2.75, 3.05) is 13.2 Å². The third kappa shape index (κ3) is 3.02. The number of rotatable bonds is 5. The van der Waals surface area contributed by atoms with Crippen molar-refractivity contribution in [3.63, 3.8) is 0 Å². The Hall–Kier alpha value is -1.90. The Morgan fingerprint density at radius 3 is 2.46 bits per heavy atom. The lowest BCUT2D eigenvalue weighted by molar-refractivity contribution is -0.139. The number of ether oxygens (including phenoxy) is 3. The second-order valence-corrected chi connectivity index (χ2v) is 8.49. The molecule has 1 saturated heterocycles. The van der Waals surface area contributed by atoms with Gasteiger partial charge in [0.2, 0.25) is 6.29 Å². The predicted octanol–water partition coefficient (Wildman–Crippen LogP) is 1.34. The van der Waals surface area contributed by atoms with Crippen molar-refractivity contribution in [1.82, 2.24) is 0 Å². The van der Waals surface area contributed by atoms with Gasteiger partial charge in [0.25, 0.3) is 0 Å². The number of carbonyl (C=O) groups is 1. The second kappa shape index (κ2) is 7.02. The van der Waals surface area contributed by atoms with E-state index in [0.717, 1.165) is 5.56 Å². The average Bonchev–Trinajstić information content (AvgIpc) is 3.09. The van der Waals surface area contributed by atoms with Gasteiger partial charge < -0.3 is 19.3 Å². The summed E-state index contributed by atoms with van der Waals surface area (Å²) in [5, 5.41) is 8.52. The van der Waals surface area contributed by atoms with Gasteiger partial charge in [-0.25, -0.2) is 13.2 Å². The van der Waals surface area contributed by atoms with Crippen molar-refractivity contribution < 1.29 is 32.5 Å². The van der Waals surface area contributed by atoms with Gasteiger partial charge in [0.05, 0.1) is 29.6 Å². The smallest absolute Gasteiger partial charge is 0.337 e. The molecule has 8 heteroatoms. The fraction of sp³-hybridized carbons (Fsp3) is 0.500. The highest BCUT2D eigenvalue weighted by molar-refractivity contribution is 7.92. The SMILES string of the molecule is CCOC(=O)C1=C(C)O[C@@H]2O[C@H](CO)[C@@H](S(=O)(=O)c3ccc(C)cc3)[C@H]12. The van der Waals surface area contributed by atoms with Crippen LogP contribution in [0.2, 0.25) is 0 Å². The van der Waals surface area contributed by atoms with Gasteiger partial charge in [-0.15, -0.1) is 0 Å². The van der Waals surface area contributed by atoms with E-state index in [1.54, 1.807) is 26.0 Å². The Balaban J connectivity index is 2.05. The molecule has 26 heavy (non-hydrogen) atoms. The van der Waals surface area contributed by atoms with Crippen molar-refractivity contribution in [3.05, 3.63) is 41.2 Å². The minimum atomic E-state index is -3.88. The van der Waals surface area contributed by atoms with Gasteiger partial charge in [0.1, 0.15) is 17.1 Å². The molecule has 0 aliphatic carbocycles. The molecular weight excluding hydrogens is 360 g/mol. The molecule has 7 nitrogen and oxygen atoms in total. The van der Waals surface area contributed by atoms with Gasteiger partial charge in [0.15, 0.2) is 9.84 Å². The maximum Gasteiger partial charge on any atom is 0.337 e. The number of esters is 1. The molecule has 0 bridgehead atoms. The Bertz CT molecular complexity index is 826. The standard InChI is InChI=1S/C18H22O7S/c1-4-23-17(20)14-11(3)24-18-15(14)16(13(9-19)25-18)26(21,22)12-7-5-10(2)6-8-12/h5-8,13,15-16,18-19H,4,9H2,1-3H3/t13-,15+,16-,18-/m1/s1. The zero-order chi connectivity index (χ0) is 19.1. The van der Waals surface area contributed by atoms with Gasteiger partial charge in [-0.2, -0.15) is 0 Å². The minimum absolute atomic E-state index is 0.114. The summed E-state index contributed by atoms with van der Waals surface area (Å²) in [5.74, 6) is -1.18. The first kappa shape index (κ1) is 18.9. The van der Waals surface area contributed by atoms with Gasteiger partial charge >= 0.3 is 5.97 Å². The first-order chi connectivity index (χ1) is 12.3. The summed E-state index contributed by atoms with van der Waals surface area (Å²) in [6.45, 7) is 4.77. The lowest BCUT2D eigenvalue weighted by atomic mass is 9.95. The zero-order valence-electron chi connectivity index (χ0n) is 14.8. The maximum atomic E-state index is 13.3. The van der Waals surface area contributed by atoms with Gasteiger partial charge in [-0.1, -0.05) is 17.7 Å². The van der Waals surface area contributed by atoms with Crippen LogP contribution in [0.15, 0.2) is 40.5 Å². The number of benzene rings is 1. The zero-order valence-corrected chi connectivity index (χ0v) is 15.7. The van der Waals surface area contributed by atoms with Gasteiger partial charge in [-0.3, -0.25) is 0 Å². The summed E-state index contributed by atoms with van der Waals surface area (Å²) >= 11 is 0. The molecule has 0 aromatic heterocycles. The number of fused-ring (bicyclic) bond motifs is 1. The number of aliphatic hydroxyl groups is 1. The molecule has 3 rings (SSSR count). The van der Waals surface area contributed by atoms with Crippen molar-refractivity contribution in [2.24, 2.45) is 5.92 Å². The molecule has 2 aliphatic heterocycles. The molecular formula is C18H22O7S. The van der Waals surface area contributed by atoms with E-state index < -0.39 is 46.0 Å². The van der Waals surface area contributed by atoms with Crippen LogP contribution in [-0.4, -0.2) is 50.4 Å². The number of aliphatic hydroxyl groups excluding tert-OH is 1. The molecule has 0 radical (unpaired) electrons. The number of aryl methyl sites for hydroxylation is 1. The lowest BCUT2D eigenvalue weighted by Crippen LogP contribution is -2.39. The number of hydrogen-bond donors (Lipinski definition) is 1. The summed E-state index contributed by atoms with van der Waals surface area (Å²) in [6.07, 6.45) is -1.93. The molecule has 4 atom stereocenters. The fourth-order valence-electron chi connectivity index (χ4n) is 3.51. The van der Waals surface area contributed by atoms with Crippen LogP contribution in [0.1, 0.15) is 19.4 Å². The van der Waals surface area contributed by atoms with Crippen LogP contribution < -0.4 is 0 Å². The van der Waals surface area contributed by atoms with Crippen LogP contribution in [-0.2, 0) is 28.8 Å². The summed E-state index contributed by atoms with van der Waals surface area (Å²) in [5.41, 5.74) is 1.09. The van der Waals surface area contributed by atoms with Crippen LogP contribution in [0.4, 0.5) is 0 Å². The van der Waals surface area contributed by atoms with E-state index >= 15 is 0 Å². The van der Waals surface area contributed by atoms with E-state index in [4.69, 9.17) is 14.2 Å². The van der Waals surface area contributed by atoms with Crippen molar-refractivity contribution in [3.8, 4) is 0 Å². The number of allylic oxidation sites excluding steroid dienone is 1. The Kier molecular flexibility index (Phi) is 5.09. The monoisotopic (exact) mass is 382 g/mol. The first-order valence-corrected chi connectivity index (χ1v) is 9.97. The molecule has 1 fully saturated rings. The summed E-state index contributed by atoms with van der Waals surface area (Å²) < 4.78 is 42.8. The second-order valence-electron chi connectivity index (χ2n) is 6.38. The molecule has 0 saturated carbocycles. The van der Waals surface area contributed by atoms with Crippen molar-refractivity contribution in [1.29, 1.82) is 0 Å². The average molecular weight is 382 g/mol. The quantitative estimate of drug-likeness (QED) is 0.767. The molecule has 2 aliphatic rings. The van der Waals surface area contributed by atoms with E-state index in [0.29, 0.717) is 5.76 Å². The highest BCUT2D eigenvalue weighted by Gasteiger charge is 2.58. The molecule has 0 unspecified atom stereocenters. The van der Waals surface area contributed by atoms with Crippen LogP contribution >= 0.6 is 0 Å². The van der Waals surface area contributed by atoms with E-state index in [-0.39, 0.29) is 17.1 Å². The summed E-state index contributed by atoms with van der Waals surface area (Å²) in [6, 6.07) is 6.44. The number of carbonyl (C=O) groups excluding carboxylic acids is 1. The highest BCUT2D eigenvalue weighted by atomic mass is 32.2. The molecule has 142 valence electrons. The van der Waals surface area contributed by atoms with Crippen LogP contribution in [0.3, 0.4) is 0 Å². The lowest BCUT2D eigenvalue weighted by Gasteiger charge is -2.21. The molecule has 1 aromatic carbocycles. The number of sulfone groups is 1. The topological polar surface area (TPSA) is 99.1 Å². The van der Waals surface area contributed by atoms with E-state index in [1.165, 1.54) is 12.1 Å². The highest BCUT2D eigenvalue weighted by Crippen LogP contribution is 2.46. The first-order valence-electron chi connectivity index (χ1n) is 8.42. The molecule has 1 aromatic rings. The van der Waals surface area contributed by atoms with E-state index in [9.17, 15) is 18.3 Å². The molecule has 2 heterocycles. The van der Waals surface area contributed by atoms with E-state index in [1.807, 2.05) is 6.92 Å².